The van der Waals surface area contributed by atoms with Crippen molar-refractivity contribution in [1.82, 2.24) is 10.0 Å². The van der Waals surface area contributed by atoms with E-state index in [9.17, 15) is 13.2 Å². The number of ether oxygens (including phenoxy) is 2. The number of hydrogen-bond acceptors (Lipinski definition) is 5. The summed E-state index contributed by atoms with van der Waals surface area (Å²) in [5, 5.41) is 3.04. The Labute approximate surface area is 184 Å². The molecule has 2 aromatic rings. The molecule has 2 aromatic carbocycles. The van der Waals surface area contributed by atoms with Gasteiger partial charge in [0.05, 0.1) is 24.7 Å². The SMILES string of the molecule is COc1ccc(S(=O)(=O)N[C@H](C(=O)NC2CCOc3c(C)cc(C)cc32)C(C)C)cc1. The first-order valence-electron chi connectivity index (χ1n) is 10.3. The molecule has 2 N–H and O–H groups in total. The zero-order valence-electron chi connectivity index (χ0n) is 18.6. The fourth-order valence-corrected chi connectivity index (χ4v) is 5.12. The van der Waals surface area contributed by atoms with Gasteiger partial charge < -0.3 is 14.8 Å². The summed E-state index contributed by atoms with van der Waals surface area (Å²) in [6.45, 7) is 8.10. The van der Waals surface area contributed by atoms with Crippen LogP contribution in [0.4, 0.5) is 0 Å². The third-order valence-electron chi connectivity index (χ3n) is 5.39. The molecule has 0 aliphatic carbocycles. The minimum Gasteiger partial charge on any atom is -0.497 e. The van der Waals surface area contributed by atoms with Gasteiger partial charge in [-0.2, -0.15) is 4.72 Å². The number of carbonyl (C=O) groups excluding carboxylic acids is 1. The van der Waals surface area contributed by atoms with Crippen molar-refractivity contribution in [3.05, 3.63) is 53.1 Å². The third-order valence-corrected chi connectivity index (χ3v) is 6.85. The number of sulfonamides is 1. The van der Waals surface area contributed by atoms with Crippen molar-refractivity contribution in [2.24, 2.45) is 5.92 Å². The van der Waals surface area contributed by atoms with Crippen LogP contribution in [0.5, 0.6) is 11.5 Å². The molecule has 3 rings (SSSR count). The summed E-state index contributed by atoms with van der Waals surface area (Å²) in [4.78, 5) is 13.2. The van der Waals surface area contributed by atoms with Crippen LogP contribution in [0.2, 0.25) is 0 Å². The van der Waals surface area contributed by atoms with Gasteiger partial charge in [0.15, 0.2) is 0 Å². The summed E-state index contributed by atoms with van der Waals surface area (Å²) >= 11 is 0. The number of benzene rings is 2. The number of aryl methyl sites for hydroxylation is 2. The summed E-state index contributed by atoms with van der Waals surface area (Å²) in [6.07, 6.45) is 0.623. The standard InChI is InChI=1S/C23H30N2O5S/c1-14(2)21(25-31(27,28)18-8-6-17(29-5)7-9-18)23(26)24-20-10-11-30-22-16(4)12-15(3)13-19(20)22/h6-9,12-14,20-21,25H,10-11H2,1-5H3,(H,24,26)/t20?,21-/m0/s1. The molecule has 0 saturated heterocycles. The zero-order chi connectivity index (χ0) is 22.8. The molecule has 1 amide bonds. The van der Waals surface area contributed by atoms with Crippen molar-refractivity contribution < 1.29 is 22.7 Å². The van der Waals surface area contributed by atoms with Crippen LogP contribution >= 0.6 is 0 Å². The topological polar surface area (TPSA) is 93.7 Å². The van der Waals surface area contributed by atoms with Gasteiger partial charge in [-0.15, -0.1) is 0 Å². The lowest BCUT2D eigenvalue weighted by Crippen LogP contribution is -2.50. The summed E-state index contributed by atoms with van der Waals surface area (Å²) in [5.74, 6) is 0.749. The Balaban J connectivity index is 1.80. The van der Waals surface area contributed by atoms with Crippen molar-refractivity contribution in [3.63, 3.8) is 0 Å². The van der Waals surface area contributed by atoms with Gasteiger partial charge in [0.25, 0.3) is 0 Å². The van der Waals surface area contributed by atoms with Gasteiger partial charge in [0.2, 0.25) is 15.9 Å². The number of methoxy groups -OCH3 is 1. The predicted molar refractivity (Wildman–Crippen MR) is 119 cm³/mol. The molecule has 0 radical (unpaired) electrons. The summed E-state index contributed by atoms with van der Waals surface area (Å²) in [6, 6.07) is 8.96. The van der Waals surface area contributed by atoms with E-state index >= 15 is 0 Å². The molecule has 0 fully saturated rings. The minimum atomic E-state index is -3.88. The average molecular weight is 447 g/mol. The van der Waals surface area contributed by atoms with E-state index in [1.807, 2.05) is 39.8 Å². The van der Waals surface area contributed by atoms with Crippen LogP contribution in [-0.2, 0) is 14.8 Å². The molecular formula is C23H30N2O5S. The normalized spacial score (nSPS) is 16.9. The fraction of sp³-hybridized carbons (Fsp3) is 0.435. The highest BCUT2D eigenvalue weighted by molar-refractivity contribution is 7.89. The predicted octanol–water partition coefficient (Wildman–Crippen LogP) is 3.25. The van der Waals surface area contributed by atoms with E-state index < -0.39 is 16.1 Å². The van der Waals surface area contributed by atoms with Crippen LogP contribution in [0.3, 0.4) is 0 Å². The van der Waals surface area contributed by atoms with Crippen LogP contribution in [-0.4, -0.2) is 34.1 Å². The molecular weight excluding hydrogens is 416 g/mol. The average Bonchev–Trinajstić information content (AvgIpc) is 2.72. The first-order chi connectivity index (χ1) is 14.6. The fourth-order valence-electron chi connectivity index (χ4n) is 3.77. The highest BCUT2D eigenvalue weighted by atomic mass is 32.2. The van der Waals surface area contributed by atoms with E-state index in [2.05, 4.69) is 10.0 Å². The summed E-state index contributed by atoms with van der Waals surface area (Å²) in [5.41, 5.74) is 3.04. The smallest absolute Gasteiger partial charge is 0.241 e. The van der Waals surface area contributed by atoms with E-state index in [4.69, 9.17) is 9.47 Å². The zero-order valence-corrected chi connectivity index (χ0v) is 19.4. The van der Waals surface area contributed by atoms with Crippen molar-refractivity contribution in [1.29, 1.82) is 0 Å². The largest absolute Gasteiger partial charge is 0.497 e. The van der Waals surface area contributed by atoms with Gasteiger partial charge in [-0.05, 0) is 49.6 Å². The molecule has 0 spiro atoms. The van der Waals surface area contributed by atoms with E-state index in [1.54, 1.807) is 12.1 Å². The van der Waals surface area contributed by atoms with E-state index in [0.29, 0.717) is 18.8 Å². The van der Waals surface area contributed by atoms with Crippen molar-refractivity contribution in [2.75, 3.05) is 13.7 Å². The van der Waals surface area contributed by atoms with Crippen LogP contribution in [0.15, 0.2) is 41.3 Å². The molecule has 1 aliphatic rings. The first-order valence-corrected chi connectivity index (χ1v) is 11.8. The summed E-state index contributed by atoms with van der Waals surface area (Å²) in [7, 11) is -2.37. The summed E-state index contributed by atoms with van der Waals surface area (Å²) < 4.78 is 39.2. The molecule has 1 unspecified atom stereocenters. The Bertz CT molecular complexity index is 1050. The molecule has 31 heavy (non-hydrogen) atoms. The monoisotopic (exact) mass is 446 g/mol. The van der Waals surface area contributed by atoms with Crippen molar-refractivity contribution in [2.45, 2.75) is 51.1 Å². The van der Waals surface area contributed by atoms with Crippen LogP contribution < -0.4 is 19.5 Å². The number of carbonyl (C=O) groups is 1. The quantitative estimate of drug-likeness (QED) is 0.681. The lowest BCUT2D eigenvalue weighted by Gasteiger charge is -2.30. The van der Waals surface area contributed by atoms with Crippen molar-refractivity contribution >= 4 is 15.9 Å². The number of nitrogens with one attached hydrogen (secondary N) is 2. The Morgan fingerprint density at radius 2 is 1.84 bits per heavy atom. The molecule has 2 atom stereocenters. The second kappa shape index (κ2) is 9.28. The Kier molecular flexibility index (Phi) is 6.91. The third kappa shape index (κ3) is 5.19. The lowest BCUT2D eigenvalue weighted by molar-refractivity contribution is -0.124. The van der Waals surface area contributed by atoms with Gasteiger partial charge >= 0.3 is 0 Å². The van der Waals surface area contributed by atoms with E-state index in [1.165, 1.54) is 19.2 Å². The number of hydrogen-bond donors (Lipinski definition) is 2. The minimum absolute atomic E-state index is 0.0782. The second-order valence-electron chi connectivity index (χ2n) is 8.22. The molecule has 8 heteroatoms. The first kappa shape index (κ1) is 23.1. The molecule has 1 heterocycles. The van der Waals surface area contributed by atoms with Gasteiger partial charge in [-0.3, -0.25) is 4.79 Å². The van der Waals surface area contributed by atoms with E-state index in [0.717, 1.165) is 22.4 Å². The Hall–Kier alpha value is -2.58. The lowest BCUT2D eigenvalue weighted by atomic mass is 9.95. The van der Waals surface area contributed by atoms with Crippen LogP contribution in [0.25, 0.3) is 0 Å². The molecule has 0 aromatic heterocycles. The maximum Gasteiger partial charge on any atom is 0.241 e. The number of fused-ring (bicyclic) bond motifs is 1. The van der Waals surface area contributed by atoms with Crippen LogP contribution in [0.1, 0.15) is 43.0 Å². The van der Waals surface area contributed by atoms with Gasteiger partial charge in [0.1, 0.15) is 17.5 Å². The highest BCUT2D eigenvalue weighted by Gasteiger charge is 2.32. The highest BCUT2D eigenvalue weighted by Crippen LogP contribution is 2.35. The Morgan fingerprint density at radius 1 is 1.16 bits per heavy atom. The second-order valence-corrected chi connectivity index (χ2v) is 9.93. The van der Waals surface area contributed by atoms with Gasteiger partial charge in [-0.25, -0.2) is 8.42 Å². The van der Waals surface area contributed by atoms with Crippen LogP contribution in [0, 0.1) is 19.8 Å². The van der Waals surface area contributed by atoms with E-state index in [-0.39, 0.29) is 22.8 Å². The van der Waals surface area contributed by atoms with Gasteiger partial charge in [-0.1, -0.05) is 31.5 Å². The number of amides is 1. The van der Waals surface area contributed by atoms with Crippen molar-refractivity contribution in [3.8, 4) is 11.5 Å². The molecule has 168 valence electrons. The molecule has 0 saturated carbocycles. The maximum absolute atomic E-state index is 13.1. The molecule has 1 aliphatic heterocycles. The van der Waals surface area contributed by atoms with Gasteiger partial charge in [0, 0.05) is 12.0 Å². The number of rotatable bonds is 7. The molecule has 0 bridgehead atoms. The Morgan fingerprint density at radius 3 is 2.45 bits per heavy atom. The maximum atomic E-state index is 13.1. The molecule has 7 nitrogen and oxygen atoms in total.